The monoisotopic (exact) mass is 560 g/mol. The zero-order valence-electron chi connectivity index (χ0n) is 21.5. The van der Waals surface area contributed by atoms with Crippen LogP contribution in [0.1, 0.15) is 30.8 Å². The summed E-state index contributed by atoms with van der Waals surface area (Å²) in [6, 6.07) is 20.1. The molecule has 0 aliphatic rings. The van der Waals surface area contributed by atoms with Crippen LogP contribution in [0.2, 0.25) is 10.0 Å². The van der Waals surface area contributed by atoms with Crippen molar-refractivity contribution in [3.8, 4) is 11.4 Å². The second-order valence-electron chi connectivity index (χ2n) is 9.13. The fraction of sp³-hybridized carbons (Fsp3) is 0.167. The molecule has 0 saturated heterocycles. The normalized spacial score (nSPS) is 11.3. The molecule has 0 bridgehead atoms. The van der Waals surface area contributed by atoms with Gasteiger partial charge in [0, 0.05) is 23.7 Å². The number of para-hydroxylation sites is 1. The number of ether oxygens (including phenoxy) is 1. The fourth-order valence-electron chi connectivity index (χ4n) is 4.55. The van der Waals surface area contributed by atoms with Crippen LogP contribution >= 0.6 is 23.2 Å². The van der Waals surface area contributed by atoms with Crippen LogP contribution in [0.3, 0.4) is 0 Å². The van der Waals surface area contributed by atoms with Crippen LogP contribution in [0.5, 0.6) is 0 Å². The Morgan fingerprint density at radius 3 is 2.33 bits per heavy atom. The number of benzene rings is 3. The van der Waals surface area contributed by atoms with Crippen molar-refractivity contribution in [3.63, 3.8) is 0 Å². The number of hydrogen-bond donors (Lipinski definition) is 0. The second kappa shape index (κ2) is 11.1. The molecule has 198 valence electrons. The van der Waals surface area contributed by atoms with Gasteiger partial charge in [0.2, 0.25) is 0 Å². The van der Waals surface area contributed by atoms with Gasteiger partial charge in [0.1, 0.15) is 6.61 Å². The zero-order chi connectivity index (χ0) is 27.7. The molecular weight excluding hydrogens is 535 g/mol. The summed E-state index contributed by atoms with van der Waals surface area (Å²) in [4.78, 5) is 26.9. The van der Waals surface area contributed by atoms with Crippen LogP contribution in [-0.2, 0) is 24.5 Å². The third kappa shape index (κ3) is 5.08. The molecule has 5 rings (SSSR count). The lowest BCUT2D eigenvalue weighted by atomic mass is 10.0. The number of allylic oxidation sites excluding steroid dienone is 1. The predicted octanol–water partition coefficient (Wildman–Crippen LogP) is 6.41. The third-order valence-electron chi connectivity index (χ3n) is 6.48. The molecule has 7 nitrogen and oxygen atoms in total. The predicted molar refractivity (Wildman–Crippen MR) is 156 cm³/mol. The highest BCUT2D eigenvalue weighted by molar-refractivity contribution is 6.37. The molecular formula is C30H26Cl2N4O3. The molecule has 0 amide bonds. The number of fused-ring (bicyclic) bond motifs is 1. The molecule has 0 N–H and O–H groups in total. The molecule has 2 aromatic heterocycles. The summed E-state index contributed by atoms with van der Waals surface area (Å²) in [5, 5.41) is 6.36. The summed E-state index contributed by atoms with van der Waals surface area (Å²) < 4.78 is 10.2. The van der Waals surface area contributed by atoms with Crippen molar-refractivity contribution in [3.05, 3.63) is 127 Å². The van der Waals surface area contributed by atoms with Crippen molar-refractivity contribution in [1.82, 2.24) is 18.9 Å². The van der Waals surface area contributed by atoms with Crippen LogP contribution in [-0.4, -0.2) is 18.9 Å². The van der Waals surface area contributed by atoms with Gasteiger partial charge in [-0.3, -0.25) is 13.9 Å². The van der Waals surface area contributed by atoms with Gasteiger partial charge in [0.25, 0.3) is 5.56 Å². The van der Waals surface area contributed by atoms with E-state index in [1.54, 1.807) is 47.2 Å². The Kier molecular flexibility index (Phi) is 7.57. The fourth-order valence-corrected chi connectivity index (χ4v) is 5.13. The summed E-state index contributed by atoms with van der Waals surface area (Å²) in [6.07, 6.45) is 1.68. The van der Waals surface area contributed by atoms with Gasteiger partial charge in [-0.1, -0.05) is 66.2 Å². The summed E-state index contributed by atoms with van der Waals surface area (Å²) >= 11 is 12.8. The maximum absolute atomic E-state index is 13.6. The van der Waals surface area contributed by atoms with Crippen molar-refractivity contribution in [2.75, 3.05) is 0 Å². The maximum atomic E-state index is 13.6. The molecule has 39 heavy (non-hydrogen) atoms. The highest BCUT2D eigenvalue weighted by atomic mass is 35.5. The average Bonchev–Trinajstić information content (AvgIpc) is 3.24. The lowest BCUT2D eigenvalue weighted by Crippen LogP contribution is -2.24. The van der Waals surface area contributed by atoms with Gasteiger partial charge in [-0.25, -0.2) is 4.79 Å². The number of pyridine rings is 1. The topological polar surface area (TPSA) is 71.0 Å². The summed E-state index contributed by atoms with van der Waals surface area (Å²) in [5.41, 5.74) is 2.83. The molecule has 2 heterocycles. The van der Waals surface area contributed by atoms with Crippen LogP contribution in [0.4, 0.5) is 0 Å². The summed E-state index contributed by atoms with van der Waals surface area (Å²) in [5.74, 6) is 0.516. The van der Waals surface area contributed by atoms with E-state index in [2.05, 4.69) is 11.7 Å². The van der Waals surface area contributed by atoms with Crippen molar-refractivity contribution >= 4 is 39.5 Å². The molecule has 3 aromatic carbocycles. The molecule has 9 heteroatoms. The SMILES string of the molecule is C=C(C)c1cn(-c2c(Cl)cccc2Cl)c(=O)c2ccc(-n3nc(COCc4ccccc4)n(CC)c3=O)cc12. The standard InChI is InChI=1S/C30H26Cl2N4O3/c1-4-34-27(18-39-17-20-9-6-5-7-10-20)33-36(30(34)38)21-13-14-22-23(15-21)24(19(2)3)16-35(29(22)37)28-25(31)11-8-12-26(28)32/h5-16H,2,4,17-18H2,1,3H3. The quantitative estimate of drug-likeness (QED) is 0.219. The largest absolute Gasteiger partial charge is 0.369 e. The van der Waals surface area contributed by atoms with Gasteiger partial charge in [-0.2, -0.15) is 4.68 Å². The Bertz CT molecular complexity index is 1800. The van der Waals surface area contributed by atoms with E-state index in [4.69, 9.17) is 27.9 Å². The van der Waals surface area contributed by atoms with E-state index < -0.39 is 0 Å². The second-order valence-corrected chi connectivity index (χ2v) is 9.95. The molecule has 0 spiro atoms. The number of hydrogen-bond acceptors (Lipinski definition) is 4. The first-order valence-electron chi connectivity index (χ1n) is 12.4. The first-order valence-corrected chi connectivity index (χ1v) is 13.2. The Balaban J connectivity index is 1.58. The van der Waals surface area contributed by atoms with Gasteiger partial charge in [0.05, 0.1) is 28.0 Å². The molecule has 0 unspecified atom stereocenters. The van der Waals surface area contributed by atoms with Gasteiger partial charge in [0.15, 0.2) is 5.82 Å². The number of rotatable bonds is 8. The number of nitrogens with zero attached hydrogens (tertiary/aromatic N) is 4. The third-order valence-corrected chi connectivity index (χ3v) is 7.09. The lowest BCUT2D eigenvalue weighted by Gasteiger charge is -2.15. The van der Waals surface area contributed by atoms with Crippen molar-refractivity contribution < 1.29 is 4.74 Å². The highest BCUT2D eigenvalue weighted by Gasteiger charge is 2.18. The maximum Gasteiger partial charge on any atom is 0.350 e. The summed E-state index contributed by atoms with van der Waals surface area (Å²) in [7, 11) is 0. The van der Waals surface area contributed by atoms with Crippen LogP contribution in [0, 0.1) is 0 Å². The Morgan fingerprint density at radius 1 is 0.949 bits per heavy atom. The summed E-state index contributed by atoms with van der Waals surface area (Å²) in [6.45, 7) is 8.87. The highest BCUT2D eigenvalue weighted by Crippen LogP contribution is 2.30. The van der Waals surface area contributed by atoms with Crippen molar-refractivity contribution in [2.45, 2.75) is 33.6 Å². The molecule has 0 radical (unpaired) electrons. The van der Waals surface area contributed by atoms with E-state index in [-0.39, 0.29) is 17.9 Å². The van der Waals surface area contributed by atoms with E-state index in [0.29, 0.717) is 51.2 Å². The van der Waals surface area contributed by atoms with Gasteiger partial charge >= 0.3 is 5.69 Å². The molecule has 0 aliphatic carbocycles. The lowest BCUT2D eigenvalue weighted by molar-refractivity contribution is 0.0989. The van der Waals surface area contributed by atoms with Gasteiger partial charge in [-0.05, 0) is 60.7 Å². The molecule has 0 atom stereocenters. The van der Waals surface area contributed by atoms with Crippen molar-refractivity contribution in [2.24, 2.45) is 0 Å². The minimum atomic E-state index is -0.294. The number of aromatic nitrogens is 4. The van der Waals surface area contributed by atoms with Crippen LogP contribution in [0.25, 0.3) is 27.7 Å². The molecule has 0 aliphatic heterocycles. The molecule has 0 fully saturated rings. The minimum absolute atomic E-state index is 0.179. The van der Waals surface area contributed by atoms with E-state index in [1.165, 1.54) is 9.25 Å². The Labute approximate surface area is 235 Å². The molecule has 0 saturated carbocycles. The van der Waals surface area contributed by atoms with E-state index in [9.17, 15) is 9.59 Å². The first-order chi connectivity index (χ1) is 18.8. The smallest absolute Gasteiger partial charge is 0.350 e. The first kappa shape index (κ1) is 26.7. The molecule has 5 aromatic rings. The van der Waals surface area contributed by atoms with E-state index in [1.807, 2.05) is 44.2 Å². The zero-order valence-corrected chi connectivity index (χ0v) is 23.0. The van der Waals surface area contributed by atoms with Crippen LogP contribution < -0.4 is 11.2 Å². The Morgan fingerprint density at radius 2 is 1.67 bits per heavy atom. The van der Waals surface area contributed by atoms with Crippen molar-refractivity contribution in [1.29, 1.82) is 0 Å². The minimum Gasteiger partial charge on any atom is -0.369 e. The average molecular weight is 561 g/mol. The van der Waals surface area contributed by atoms with E-state index >= 15 is 0 Å². The van der Waals surface area contributed by atoms with Gasteiger partial charge < -0.3 is 4.74 Å². The number of halogens is 2. The van der Waals surface area contributed by atoms with E-state index in [0.717, 1.165) is 16.7 Å². The Hall–Kier alpha value is -3.91. The van der Waals surface area contributed by atoms with Gasteiger partial charge in [-0.15, -0.1) is 5.10 Å². The van der Waals surface area contributed by atoms with Crippen LogP contribution in [0.15, 0.2) is 89.1 Å².